The molecule has 2 nitrogen and oxygen atoms in total. The third-order valence-electron chi connectivity index (χ3n) is 2.72. The molecule has 1 aromatic carbocycles. The minimum atomic E-state index is 0.354. The second-order valence-corrected chi connectivity index (χ2v) is 4.19. The highest BCUT2D eigenvalue weighted by Gasteiger charge is 2.09. The van der Waals surface area contributed by atoms with Crippen molar-refractivity contribution >= 4 is 0 Å². The monoisotopic (exact) mass is 233 g/mol. The number of rotatable bonds is 8. The molecule has 0 amide bonds. The van der Waals surface area contributed by atoms with Crippen LogP contribution in [0.25, 0.3) is 0 Å². The van der Waals surface area contributed by atoms with Crippen LogP contribution in [0, 0.1) is 0 Å². The molecule has 94 valence electrons. The lowest BCUT2D eigenvalue weighted by molar-refractivity contribution is 0.264. The van der Waals surface area contributed by atoms with E-state index in [0.29, 0.717) is 12.6 Å². The van der Waals surface area contributed by atoms with Gasteiger partial charge in [-0.05, 0) is 31.5 Å². The number of nitrogens with one attached hydrogen (secondary N) is 1. The number of likely N-dealkylation sites (N-methyl/N-ethyl adjacent to an activating group) is 1. The normalized spacial score (nSPS) is 12.1. The highest BCUT2D eigenvalue weighted by molar-refractivity contribution is 5.21. The molecule has 1 N–H and O–H groups in total. The fraction of sp³-hybridized carbons (Fsp3) is 0.467. The molecule has 0 saturated heterocycles. The van der Waals surface area contributed by atoms with Crippen molar-refractivity contribution in [2.75, 3.05) is 13.2 Å². The van der Waals surface area contributed by atoms with E-state index in [-0.39, 0.29) is 0 Å². The summed E-state index contributed by atoms with van der Waals surface area (Å²) in [5.74, 6) is 0.928. The van der Waals surface area contributed by atoms with Gasteiger partial charge in [0.05, 0.1) is 0 Å². The molecule has 0 saturated carbocycles. The third kappa shape index (κ3) is 5.55. The Morgan fingerprint density at radius 1 is 1.29 bits per heavy atom. The van der Waals surface area contributed by atoms with Crippen LogP contribution in [-0.2, 0) is 0 Å². The largest absolute Gasteiger partial charge is 0.492 e. The van der Waals surface area contributed by atoms with Crippen molar-refractivity contribution in [2.45, 2.75) is 32.7 Å². The molecule has 1 atom stereocenters. The van der Waals surface area contributed by atoms with Gasteiger partial charge in [0.2, 0.25) is 0 Å². The Kier molecular flexibility index (Phi) is 6.41. The smallest absolute Gasteiger partial charge is 0.119 e. The zero-order valence-electron chi connectivity index (χ0n) is 10.9. The summed E-state index contributed by atoms with van der Waals surface area (Å²) in [5, 5.41) is 3.43. The summed E-state index contributed by atoms with van der Waals surface area (Å²) in [7, 11) is 0. The van der Waals surface area contributed by atoms with Gasteiger partial charge in [0.15, 0.2) is 0 Å². The van der Waals surface area contributed by atoms with Crippen LogP contribution in [0.4, 0.5) is 0 Å². The Hall–Kier alpha value is -1.28. The maximum absolute atomic E-state index is 5.76. The maximum Gasteiger partial charge on any atom is 0.119 e. The average Bonchev–Trinajstić information content (AvgIpc) is 2.37. The summed E-state index contributed by atoms with van der Waals surface area (Å²) in [6.07, 6.45) is 2.02. The first-order valence-electron chi connectivity index (χ1n) is 6.34. The third-order valence-corrected chi connectivity index (χ3v) is 2.72. The predicted octanol–water partition coefficient (Wildman–Crippen LogP) is 3.40. The van der Waals surface area contributed by atoms with Crippen LogP contribution in [0.15, 0.2) is 42.5 Å². The van der Waals surface area contributed by atoms with E-state index in [1.165, 1.54) is 5.57 Å². The lowest BCUT2D eigenvalue weighted by Gasteiger charge is -2.19. The van der Waals surface area contributed by atoms with Gasteiger partial charge in [-0.2, -0.15) is 0 Å². The Balaban J connectivity index is 2.41. The van der Waals surface area contributed by atoms with E-state index >= 15 is 0 Å². The van der Waals surface area contributed by atoms with Crippen LogP contribution in [0.2, 0.25) is 0 Å². The van der Waals surface area contributed by atoms with E-state index in [1.54, 1.807) is 0 Å². The summed E-state index contributed by atoms with van der Waals surface area (Å²) in [5.41, 5.74) is 1.27. The molecule has 0 aliphatic carbocycles. The van der Waals surface area contributed by atoms with Crippen molar-refractivity contribution in [1.82, 2.24) is 5.32 Å². The van der Waals surface area contributed by atoms with Crippen LogP contribution in [-0.4, -0.2) is 19.2 Å². The molecular formula is C15H23NO. The molecule has 1 rings (SSSR count). The number of benzene rings is 1. The van der Waals surface area contributed by atoms with E-state index in [4.69, 9.17) is 4.74 Å². The number of hydrogen-bond acceptors (Lipinski definition) is 2. The van der Waals surface area contributed by atoms with Gasteiger partial charge >= 0.3 is 0 Å². The van der Waals surface area contributed by atoms with Gasteiger partial charge in [0.1, 0.15) is 12.4 Å². The molecular weight excluding hydrogens is 210 g/mol. The summed E-state index contributed by atoms with van der Waals surface area (Å²) in [6, 6.07) is 10.3. The predicted molar refractivity (Wildman–Crippen MR) is 73.4 cm³/mol. The molecule has 0 heterocycles. The fourth-order valence-corrected chi connectivity index (χ4v) is 1.69. The standard InChI is InChI=1S/C15H23NO/c1-4-13(3)11-14(16-5-2)12-17-15-9-7-6-8-10-15/h6-10,14,16H,3-5,11-12H2,1-2H3. The number of ether oxygens (including phenoxy) is 1. The van der Waals surface area contributed by atoms with E-state index < -0.39 is 0 Å². The van der Waals surface area contributed by atoms with E-state index in [0.717, 1.165) is 25.1 Å². The lowest BCUT2D eigenvalue weighted by Crippen LogP contribution is -2.34. The molecule has 0 radical (unpaired) electrons. The van der Waals surface area contributed by atoms with Crippen molar-refractivity contribution in [2.24, 2.45) is 0 Å². The molecule has 0 spiro atoms. The quantitative estimate of drug-likeness (QED) is 0.695. The molecule has 0 aliphatic rings. The second kappa shape index (κ2) is 7.91. The molecule has 0 aliphatic heterocycles. The van der Waals surface area contributed by atoms with Crippen molar-refractivity contribution < 1.29 is 4.74 Å². The zero-order valence-corrected chi connectivity index (χ0v) is 10.9. The first-order valence-corrected chi connectivity index (χ1v) is 6.34. The molecule has 0 fully saturated rings. The van der Waals surface area contributed by atoms with E-state index in [1.807, 2.05) is 30.3 Å². The van der Waals surface area contributed by atoms with E-state index in [2.05, 4.69) is 25.7 Å². The van der Waals surface area contributed by atoms with Crippen LogP contribution in [0.3, 0.4) is 0 Å². The fourth-order valence-electron chi connectivity index (χ4n) is 1.69. The minimum absolute atomic E-state index is 0.354. The summed E-state index contributed by atoms with van der Waals surface area (Å²) in [6.45, 7) is 9.96. The van der Waals surface area contributed by atoms with Crippen molar-refractivity contribution in [3.8, 4) is 5.75 Å². The van der Waals surface area contributed by atoms with Crippen molar-refractivity contribution in [3.63, 3.8) is 0 Å². The maximum atomic E-state index is 5.76. The van der Waals surface area contributed by atoms with Gasteiger partial charge in [-0.15, -0.1) is 0 Å². The summed E-state index contributed by atoms with van der Waals surface area (Å²) < 4.78 is 5.76. The van der Waals surface area contributed by atoms with Gasteiger partial charge in [0, 0.05) is 6.04 Å². The van der Waals surface area contributed by atoms with Crippen molar-refractivity contribution in [3.05, 3.63) is 42.5 Å². The topological polar surface area (TPSA) is 21.3 Å². The van der Waals surface area contributed by atoms with Gasteiger partial charge < -0.3 is 10.1 Å². The Morgan fingerprint density at radius 3 is 2.59 bits per heavy atom. The van der Waals surface area contributed by atoms with Gasteiger partial charge in [-0.3, -0.25) is 0 Å². The summed E-state index contributed by atoms with van der Waals surface area (Å²) >= 11 is 0. The van der Waals surface area contributed by atoms with E-state index in [9.17, 15) is 0 Å². The van der Waals surface area contributed by atoms with Gasteiger partial charge in [-0.1, -0.05) is 44.2 Å². The van der Waals surface area contributed by atoms with Crippen LogP contribution < -0.4 is 10.1 Å². The van der Waals surface area contributed by atoms with Crippen LogP contribution in [0.1, 0.15) is 26.7 Å². The highest BCUT2D eigenvalue weighted by Crippen LogP contribution is 2.11. The lowest BCUT2D eigenvalue weighted by atomic mass is 10.1. The van der Waals surface area contributed by atoms with Gasteiger partial charge in [0.25, 0.3) is 0 Å². The second-order valence-electron chi connectivity index (χ2n) is 4.19. The van der Waals surface area contributed by atoms with Crippen molar-refractivity contribution in [1.29, 1.82) is 0 Å². The average molecular weight is 233 g/mol. The molecule has 17 heavy (non-hydrogen) atoms. The van der Waals surface area contributed by atoms with Gasteiger partial charge in [-0.25, -0.2) is 0 Å². The Bertz CT molecular complexity index is 321. The molecule has 0 bridgehead atoms. The molecule has 1 aromatic rings. The Labute approximate surface area is 105 Å². The first kappa shape index (κ1) is 13.8. The zero-order chi connectivity index (χ0) is 12.5. The molecule has 1 unspecified atom stereocenters. The number of hydrogen-bond donors (Lipinski definition) is 1. The summed E-state index contributed by atoms with van der Waals surface area (Å²) in [4.78, 5) is 0. The minimum Gasteiger partial charge on any atom is -0.492 e. The Morgan fingerprint density at radius 2 is 2.00 bits per heavy atom. The SMILES string of the molecule is C=C(CC)CC(COc1ccccc1)NCC. The van der Waals surface area contributed by atoms with Crippen LogP contribution >= 0.6 is 0 Å². The highest BCUT2D eigenvalue weighted by atomic mass is 16.5. The molecule has 2 heteroatoms. The van der Waals surface area contributed by atoms with Crippen LogP contribution in [0.5, 0.6) is 5.75 Å². The first-order chi connectivity index (χ1) is 8.26. The number of para-hydroxylation sites is 1. The molecule has 0 aromatic heterocycles.